The van der Waals surface area contributed by atoms with Gasteiger partial charge in [-0.15, -0.1) is 0 Å². The van der Waals surface area contributed by atoms with Crippen molar-refractivity contribution in [3.8, 4) is 0 Å². The van der Waals surface area contributed by atoms with E-state index in [1.165, 1.54) is 12.1 Å². The number of aryl methyl sites for hydroxylation is 1. The third kappa shape index (κ3) is 3.93. The second-order valence-electron chi connectivity index (χ2n) is 6.70. The number of hydrogen-bond donors (Lipinski definition) is 1. The zero-order valence-corrected chi connectivity index (χ0v) is 15.3. The number of amides is 1. The second-order valence-corrected chi connectivity index (χ2v) is 6.70. The number of carbonyl (C=O) groups is 1. The van der Waals surface area contributed by atoms with Gasteiger partial charge in [0, 0.05) is 18.1 Å². The third-order valence-electron chi connectivity index (χ3n) is 4.50. The van der Waals surface area contributed by atoms with Crippen molar-refractivity contribution in [2.75, 3.05) is 5.32 Å². The number of anilines is 1. The molecule has 1 unspecified atom stereocenters. The number of hydrogen-bond acceptors (Lipinski definition) is 4. The molecule has 1 aliphatic heterocycles. The summed E-state index contributed by atoms with van der Waals surface area (Å²) < 4.78 is 15.1. The Morgan fingerprint density at radius 1 is 1.25 bits per heavy atom. The highest BCUT2D eigenvalue weighted by Crippen LogP contribution is 2.19. The van der Waals surface area contributed by atoms with Crippen molar-refractivity contribution in [1.29, 1.82) is 0 Å². The number of carbonyl (C=O) groups excluding carboxylic acids is 1. The molecular weight excluding hydrogens is 359 g/mol. The molecule has 142 valence electrons. The molecule has 0 saturated carbocycles. The van der Waals surface area contributed by atoms with Crippen LogP contribution in [0.15, 0.2) is 65.9 Å². The Morgan fingerprint density at radius 2 is 2.11 bits per heavy atom. The molecule has 1 atom stereocenters. The maximum absolute atomic E-state index is 13.4. The van der Waals surface area contributed by atoms with E-state index in [1.54, 1.807) is 29.1 Å². The molecule has 1 amide bonds. The largest absolute Gasteiger partial charge is 0.382 e. The highest BCUT2D eigenvalue weighted by atomic mass is 19.1. The van der Waals surface area contributed by atoms with Gasteiger partial charge in [0.05, 0.1) is 18.5 Å². The number of nitrogens with one attached hydrogen (secondary N) is 1. The molecule has 3 aromatic rings. The van der Waals surface area contributed by atoms with Gasteiger partial charge in [0.15, 0.2) is 0 Å². The Hall–Kier alpha value is -3.48. The van der Waals surface area contributed by atoms with Crippen LogP contribution in [0.3, 0.4) is 0 Å². The molecule has 4 rings (SSSR count). The predicted molar refractivity (Wildman–Crippen MR) is 104 cm³/mol. The molecule has 2 heterocycles. The minimum Gasteiger partial charge on any atom is -0.382 e. The van der Waals surface area contributed by atoms with Crippen molar-refractivity contribution in [2.45, 2.75) is 26.0 Å². The summed E-state index contributed by atoms with van der Waals surface area (Å²) in [6, 6.07) is 15.9. The van der Waals surface area contributed by atoms with E-state index in [9.17, 15) is 9.18 Å². The van der Waals surface area contributed by atoms with E-state index < -0.39 is 6.10 Å². The van der Waals surface area contributed by atoms with Crippen LogP contribution in [0.25, 0.3) is 0 Å². The zero-order chi connectivity index (χ0) is 19.5. The Bertz CT molecular complexity index is 1040. The van der Waals surface area contributed by atoms with Crippen molar-refractivity contribution in [3.05, 3.63) is 83.3 Å². The van der Waals surface area contributed by atoms with Gasteiger partial charge in [-0.25, -0.2) is 9.07 Å². The van der Waals surface area contributed by atoms with Crippen LogP contribution in [0.5, 0.6) is 0 Å². The minimum atomic E-state index is -0.763. The van der Waals surface area contributed by atoms with Crippen LogP contribution in [0.1, 0.15) is 23.1 Å². The van der Waals surface area contributed by atoms with Crippen molar-refractivity contribution < 1.29 is 14.0 Å². The van der Waals surface area contributed by atoms with E-state index in [0.29, 0.717) is 23.6 Å². The lowest BCUT2D eigenvalue weighted by Gasteiger charge is -2.12. The molecule has 0 fully saturated rings. The summed E-state index contributed by atoms with van der Waals surface area (Å²) in [7, 11) is 0. The smallest absolute Gasteiger partial charge is 0.269 e. The maximum atomic E-state index is 13.4. The van der Waals surface area contributed by atoms with Crippen LogP contribution in [0.2, 0.25) is 0 Å². The minimum absolute atomic E-state index is 0.279. The van der Waals surface area contributed by atoms with E-state index in [4.69, 9.17) is 4.84 Å². The van der Waals surface area contributed by atoms with Gasteiger partial charge in [-0.1, -0.05) is 47.1 Å². The lowest BCUT2D eigenvalue weighted by atomic mass is 10.0. The topological polar surface area (TPSA) is 68.5 Å². The molecule has 1 N–H and O–H groups in total. The molecule has 1 aromatic heterocycles. The summed E-state index contributed by atoms with van der Waals surface area (Å²) in [6.45, 7) is 2.57. The van der Waals surface area contributed by atoms with Gasteiger partial charge in [0.25, 0.3) is 5.91 Å². The summed E-state index contributed by atoms with van der Waals surface area (Å²) in [6.07, 6.45) is 1.15. The molecule has 0 spiro atoms. The number of oxime groups is 1. The first-order valence-corrected chi connectivity index (χ1v) is 8.95. The highest BCUT2D eigenvalue weighted by molar-refractivity contribution is 6.05. The van der Waals surface area contributed by atoms with E-state index in [2.05, 4.69) is 21.6 Å². The molecule has 7 heteroatoms. The highest BCUT2D eigenvalue weighted by Gasteiger charge is 2.29. The first-order chi connectivity index (χ1) is 13.6. The number of benzene rings is 2. The molecular formula is C21H19FN4O2. The predicted octanol–water partition coefficient (Wildman–Crippen LogP) is 3.51. The van der Waals surface area contributed by atoms with Crippen LogP contribution < -0.4 is 5.32 Å². The summed E-state index contributed by atoms with van der Waals surface area (Å²) in [4.78, 5) is 17.9. The Kier molecular flexibility index (Phi) is 4.89. The van der Waals surface area contributed by atoms with Gasteiger partial charge in [-0.3, -0.25) is 4.79 Å². The van der Waals surface area contributed by atoms with Crippen LogP contribution in [-0.2, 0) is 16.2 Å². The summed E-state index contributed by atoms with van der Waals surface area (Å²) in [5.41, 5.74) is 3.41. The van der Waals surface area contributed by atoms with E-state index >= 15 is 0 Å². The third-order valence-corrected chi connectivity index (χ3v) is 4.50. The molecule has 6 nitrogen and oxygen atoms in total. The monoisotopic (exact) mass is 378 g/mol. The van der Waals surface area contributed by atoms with Crippen molar-refractivity contribution in [1.82, 2.24) is 9.78 Å². The molecule has 0 bridgehead atoms. The lowest BCUT2D eigenvalue weighted by molar-refractivity contribution is -0.125. The van der Waals surface area contributed by atoms with Crippen LogP contribution in [0, 0.1) is 12.7 Å². The van der Waals surface area contributed by atoms with Crippen molar-refractivity contribution in [2.24, 2.45) is 5.16 Å². The van der Waals surface area contributed by atoms with Gasteiger partial charge in [0.2, 0.25) is 6.10 Å². The zero-order valence-electron chi connectivity index (χ0n) is 15.3. The van der Waals surface area contributed by atoms with Gasteiger partial charge in [0.1, 0.15) is 11.6 Å². The number of rotatable bonds is 5. The van der Waals surface area contributed by atoms with Crippen LogP contribution in [0.4, 0.5) is 10.2 Å². The molecule has 2 aromatic carbocycles. The van der Waals surface area contributed by atoms with E-state index in [0.717, 1.165) is 11.1 Å². The average Bonchev–Trinajstić information content (AvgIpc) is 3.32. The van der Waals surface area contributed by atoms with Crippen molar-refractivity contribution in [3.63, 3.8) is 0 Å². The first-order valence-electron chi connectivity index (χ1n) is 8.95. The number of nitrogens with zero attached hydrogens (tertiary/aromatic N) is 3. The van der Waals surface area contributed by atoms with Gasteiger partial charge < -0.3 is 10.2 Å². The summed E-state index contributed by atoms with van der Waals surface area (Å²) in [5, 5.41) is 11.1. The maximum Gasteiger partial charge on any atom is 0.269 e. The molecule has 28 heavy (non-hydrogen) atoms. The second kappa shape index (κ2) is 7.64. The van der Waals surface area contributed by atoms with E-state index in [1.807, 2.05) is 25.1 Å². The molecule has 1 aliphatic rings. The molecule has 0 radical (unpaired) electrons. The standard InChI is InChI=1S/C21H19FN4O2/c1-14-4-2-5-15(10-14)13-26-20(8-9-23-26)24-21(27)19-12-18(25-28-19)16-6-3-7-17(22)11-16/h2-11,19H,12-13H2,1H3,(H,24,27). The fraction of sp³-hybridized carbons (Fsp3) is 0.190. The number of halogens is 1. The molecule has 0 saturated heterocycles. The SMILES string of the molecule is Cc1cccc(Cn2nccc2NC(=O)C2CC(c3cccc(F)c3)=NO2)c1. The van der Waals surface area contributed by atoms with Crippen LogP contribution in [-0.4, -0.2) is 27.5 Å². The fourth-order valence-corrected chi connectivity index (χ4v) is 3.11. The fourth-order valence-electron chi connectivity index (χ4n) is 3.11. The first kappa shape index (κ1) is 17.9. The number of aromatic nitrogens is 2. The van der Waals surface area contributed by atoms with Crippen molar-refractivity contribution >= 4 is 17.4 Å². The summed E-state index contributed by atoms with van der Waals surface area (Å²) >= 11 is 0. The lowest BCUT2D eigenvalue weighted by Crippen LogP contribution is -2.29. The average molecular weight is 378 g/mol. The van der Waals surface area contributed by atoms with Gasteiger partial charge >= 0.3 is 0 Å². The molecule has 0 aliphatic carbocycles. The Balaban J connectivity index is 1.41. The van der Waals surface area contributed by atoms with E-state index in [-0.39, 0.29) is 18.1 Å². The normalized spacial score (nSPS) is 15.8. The quantitative estimate of drug-likeness (QED) is 0.739. The Labute approximate surface area is 161 Å². The van der Waals surface area contributed by atoms with Crippen LogP contribution >= 0.6 is 0 Å². The van der Waals surface area contributed by atoms with Gasteiger partial charge in [-0.2, -0.15) is 5.10 Å². The summed E-state index contributed by atoms with van der Waals surface area (Å²) in [5.74, 6) is -0.0939. The van der Waals surface area contributed by atoms with Gasteiger partial charge in [-0.05, 0) is 24.6 Å². The Morgan fingerprint density at radius 3 is 2.93 bits per heavy atom.